The lowest BCUT2D eigenvalue weighted by atomic mass is 9.73. The summed E-state index contributed by atoms with van der Waals surface area (Å²) in [5.41, 5.74) is 5.42. The van der Waals surface area contributed by atoms with Gasteiger partial charge in [-0.2, -0.15) is 0 Å². The molecule has 1 unspecified atom stereocenters. The molecule has 4 saturated heterocycles. The second-order valence-corrected chi connectivity index (χ2v) is 23.0. The fourth-order valence-corrected chi connectivity index (χ4v) is 13.7. The first-order valence-corrected chi connectivity index (χ1v) is 28.2. The van der Waals surface area contributed by atoms with Gasteiger partial charge in [0.1, 0.15) is 17.2 Å². The van der Waals surface area contributed by atoms with Crippen LogP contribution in [0.2, 0.25) is 0 Å². The Morgan fingerprint density at radius 2 is 1.50 bits per heavy atom. The highest BCUT2D eigenvalue weighted by Gasteiger charge is 2.56. The van der Waals surface area contributed by atoms with E-state index in [0.29, 0.717) is 93.8 Å². The highest BCUT2D eigenvalue weighted by atomic mass is 19.1. The normalized spacial score (nSPS) is 25.2. The molecule has 5 aromatic rings. The Kier molecular flexibility index (Phi) is 13.6. The molecule has 17 heteroatoms. The van der Waals surface area contributed by atoms with E-state index >= 15 is 9.18 Å². The summed E-state index contributed by atoms with van der Waals surface area (Å²) in [6.45, 7) is 8.51. The van der Waals surface area contributed by atoms with Crippen LogP contribution in [0.5, 0.6) is 0 Å². The van der Waals surface area contributed by atoms with Crippen molar-refractivity contribution in [2.75, 3.05) is 54.8 Å². The lowest BCUT2D eigenvalue weighted by molar-refractivity contribution is -0.144. The Bertz CT molecular complexity index is 3050. The zero-order valence-corrected chi connectivity index (χ0v) is 43.8. The van der Waals surface area contributed by atoms with Crippen molar-refractivity contribution >= 4 is 63.6 Å². The van der Waals surface area contributed by atoms with Crippen LogP contribution in [-0.4, -0.2) is 121 Å². The summed E-state index contributed by atoms with van der Waals surface area (Å²) < 4.78 is 17.2. The van der Waals surface area contributed by atoms with Gasteiger partial charge in [0, 0.05) is 86.1 Å². The summed E-state index contributed by atoms with van der Waals surface area (Å²) in [7, 11) is 0. The molecule has 6 fully saturated rings. The number of amides is 5. The number of likely N-dealkylation sites (tertiary alicyclic amines) is 3. The smallest absolute Gasteiger partial charge is 0.238 e. The first kappa shape index (κ1) is 50.1. The maximum absolute atomic E-state index is 15.3. The second kappa shape index (κ2) is 20.7. The molecular weight excluding hydrogens is 962 g/mol. The summed E-state index contributed by atoms with van der Waals surface area (Å²) in [6, 6.07) is 19.4. The summed E-state index contributed by atoms with van der Waals surface area (Å²) in [5.74, 6) is 0.183. The molecule has 16 nitrogen and oxygen atoms in total. The third kappa shape index (κ3) is 9.39. The zero-order chi connectivity index (χ0) is 52.2. The van der Waals surface area contributed by atoms with Crippen molar-refractivity contribution in [3.63, 3.8) is 0 Å². The topological polar surface area (TPSA) is 178 Å². The van der Waals surface area contributed by atoms with Gasteiger partial charge in [-0.05, 0) is 158 Å². The predicted octanol–water partition coefficient (Wildman–Crippen LogP) is 8.61. The number of anilines is 4. The van der Waals surface area contributed by atoms with Gasteiger partial charge in [0.2, 0.25) is 29.5 Å². The number of piperidine rings is 4. The molecule has 398 valence electrons. The van der Waals surface area contributed by atoms with E-state index in [0.717, 1.165) is 85.0 Å². The predicted molar refractivity (Wildman–Crippen MR) is 288 cm³/mol. The van der Waals surface area contributed by atoms with Crippen LogP contribution >= 0.6 is 0 Å². The molecule has 1 spiro atoms. The molecule has 5 aliphatic heterocycles. The Morgan fingerprint density at radius 3 is 2.22 bits per heavy atom. The van der Waals surface area contributed by atoms with E-state index < -0.39 is 5.41 Å². The van der Waals surface area contributed by atoms with Crippen molar-refractivity contribution in [3.05, 3.63) is 90.1 Å². The van der Waals surface area contributed by atoms with E-state index in [-0.39, 0.29) is 71.2 Å². The molecule has 0 radical (unpaired) electrons. The maximum atomic E-state index is 15.3. The number of rotatable bonds is 11. The van der Waals surface area contributed by atoms with Gasteiger partial charge in [0.05, 0.1) is 34.6 Å². The summed E-state index contributed by atoms with van der Waals surface area (Å²) in [4.78, 5) is 90.8. The standard InChI is InChI=1S/C59H70FN11O5/c1-36(2)70-35-62-49-34-48(65-54(53(49)70)64-47-9-5-4-8-46(47)60)40-12-16-45-50(30-40)71(43-32-42(33-43)67-24-6-3-7-25-67)58(76)59(45)21-28-69(29-22-59)57(75)38-19-26-68(27-20-38)56(74)37-10-13-41(14-11-37)63-51-31-39(18-23-61-51)44-15-17-52(72)66-55(44)73/h4-5,8-9,12,16,18,23,30-31,34-38,41-44H,3,6-7,10-11,13-15,17,19-22,24-29,32-33H2,1-2H3,(H,61,63)(H,64,65)(H,66,72,73). The van der Waals surface area contributed by atoms with E-state index in [2.05, 4.69) is 62.8 Å². The van der Waals surface area contributed by atoms with Gasteiger partial charge < -0.3 is 34.8 Å². The van der Waals surface area contributed by atoms with Crippen molar-refractivity contribution in [1.29, 1.82) is 0 Å². The van der Waals surface area contributed by atoms with Gasteiger partial charge in [0.15, 0.2) is 5.82 Å². The summed E-state index contributed by atoms with van der Waals surface area (Å²) in [5, 5.41) is 9.26. The monoisotopic (exact) mass is 1030 g/mol. The van der Waals surface area contributed by atoms with Crippen LogP contribution in [0.25, 0.3) is 22.3 Å². The number of nitrogens with zero attached hydrogens (tertiary/aromatic N) is 8. The number of imide groups is 1. The van der Waals surface area contributed by atoms with Crippen LogP contribution in [0.1, 0.15) is 133 Å². The van der Waals surface area contributed by atoms with E-state index in [1.54, 1.807) is 30.7 Å². The van der Waals surface area contributed by atoms with Gasteiger partial charge >= 0.3 is 0 Å². The number of benzene rings is 2. The van der Waals surface area contributed by atoms with Gasteiger partial charge in [-0.3, -0.25) is 29.3 Å². The van der Waals surface area contributed by atoms with Gasteiger partial charge in [0.25, 0.3) is 0 Å². The molecule has 3 aromatic heterocycles. The lowest BCUT2D eigenvalue weighted by Crippen LogP contribution is -2.58. The molecule has 2 saturated carbocycles. The van der Waals surface area contributed by atoms with E-state index in [9.17, 15) is 19.2 Å². The molecule has 2 aromatic carbocycles. The van der Waals surface area contributed by atoms with Gasteiger partial charge in [-0.15, -0.1) is 0 Å². The molecule has 7 aliphatic rings. The average Bonchev–Trinajstić information content (AvgIpc) is 3.98. The molecule has 12 rings (SSSR count). The largest absolute Gasteiger partial charge is 0.367 e. The van der Waals surface area contributed by atoms with Gasteiger partial charge in [-0.1, -0.05) is 30.7 Å². The highest BCUT2D eigenvalue weighted by molar-refractivity contribution is 6.09. The molecule has 5 amide bonds. The minimum atomic E-state index is -0.744. The third-order valence-electron chi connectivity index (χ3n) is 18.2. The molecule has 76 heavy (non-hydrogen) atoms. The molecular formula is C59H70FN11O5. The van der Waals surface area contributed by atoms with E-state index in [1.807, 2.05) is 32.6 Å². The quantitative estimate of drug-likeness (QED) is 0.108. The van der Waals surface area contributed by atoms with Crippen LogP contribution in [0, 0.1) is 17.7 Å². The number of imidazole rings is 1. The Balaban J connectivity index is 0.705. The van der Waals surface area contributed by atoms with Crippen LogP contribution < -0.4 is 20.9 Å². The lowest BCUT2D eigenvalue weighted by Gasteiger charge is -2.48. The number of hydrogen-bond acceptors (Lipinski definition) is 11. The molecule has 0 bridgehead atoms. The average molecular weight is 1030 g/mol. The SMILES string of the molecule is CC(C)n1cnc2cc(-c3ccc4c(c3)N(C3CC(N5CCCCC5)C3)C(=O)C43CCN(C(=O)C4CCN(C(=O)C5CCC(Nc6cc(C7CCC(=O)NC7=O)ccn6)CC5)CC4)CC3)nc(Nc3ccccc3F)c21. The van der Waals surface area contributed by atoms with Crippen LogP contribution in [0.15, 0.2) is 73.2 Å². The van der Waals surface area contributed by atoms with E-state index in [4.69, 9.17) is 9.97 Å². The van der Waals surface area contributed by atoms with Crippen molar-refractivity contribution in [2.24, 2.45) is 11.8 Å². The number of para-hydroxylation sites is 1. The number of pyridine rings is 2. The number of nitrogens with one attached hydrogen (secondary N) is 3. The molecule has 1 atom stereocenters. The van der Waals surface area contributed by atoms with Gasteiger partial charge in [-0.25, -0.2) is 19.3 Å². The highest BCUT2D eigenvalue weighted by Crippen LogP contribution is 2.52. The first-order valence-electron chi connectivity index (χ1n) is 28.2. The second-order valence-electron chi connectivity index (χ2n) is 23.0. The van der Waals surface area contributed by atoms with Crippen molar-refractivity contribution in [2.45, 2.75) is 146 Å². The van der Waals surface area contributed by atoms with E-state index in [1.165, 1.54) is 25.3 Å². The Labute approximate surface area is 443 Å². The number of carbonyl (C=O) groups is 5. The fourth-order valence-electron chi connectivity index (χ4n) is 13.7. The zero-order valence-electron chi connectivity index (χ0n) is 43.8. The number of aromatic nitrogens is 4. The first-order chi connectivity index (χ1) is 36.9. The number of halogens is 1. The number of carbonyl (C=O) groups excluding carboxylic acids is 5. The van der Waals surface area contributed by atoms with Crippen molar-refractivity contribution in [3.8, 4) is 11.3 Å². The molecule has 3 N–H and O–H groups in total. The van der Waals surface area contributed by atoms with Crippen molar-refractivity contribution < 1.29 is 28.4 Å². The number of fused-ring (bicyclic) bond motifs is 3. The van der Waals surface area contributed by atoms with Crippen LogP contribution in [-0.2, 0) is 29.4 Å². The minimum absolute atomic E-state index is 0.0565. The Hall–Kier alpha value is -6.75. The minimum Gasteiger partial charge on any atom is -0.367 e. The Morgan fingerprint density at radius 1 is 0.776 bits per heavy atom. The van der Waals surface area contributed by atoms with Crippen molar-refractivity contribution in [1.82, 2.24) is 39.5 Å². The summed E-state index contributed by atoms with van der Waals surface area (Å²) >= 11 is 0. The fraction of sp³-hybridized carbons (Fsp3) is 0.525. The molecule has 8 heterocycles. The summed E-state index contributed by atoms with van der Waals surface area (Å²) in [6.07, 6.45) is 15.4. The van der Waals surface area contributed by atoms with Crippen LogP contribution in [0.4, 0.5) is 27.4 Å². The van der Waals surface area contributed by atoms with Crippen LogP contribution in [0.3, 0.4) is 0 Å². The maximum Gasteiger partial charge on any atom is 0.238 e. The number of hydrogen-bond donors (Lipinski definition) is 3. The molecule has 2 aliphatic carbocycles. The third-order valence-corrected chi connectivity index (χ3v) is 18.2.